The van der Waals surface area contributed by atoms with Crippen molar-refractivity contribution in [2.45, 2.75) is 20.1 Å². The second kappa shape index (κ2) is 10.9. The Labute approximate surface area is 224 Å². The van der Waals surface area contributed by atoms with Gasteiger partial charge in [0.2, 0.25) is 0 Å². The quantitative estimate of drug-likeness (QED) is 0.203. The summed E-state index contributed by atoms with van der Waals surface area (Å²) in [7, 11) is 0. The lowest BCUT2D eigenvalue weighted by molar-refractivity contribution is -0.123. The van der Waals surface area contributed by atoms with E-state index in [1.54, 1.807) is 24.3 Å². The van der Waals surface area contributed by atoms with Crippen molar-refractivity contribution in [3.05, 3.63) is 112 Å². The largest absolute Gasteiger partial charge is 0.490 e. The third kappa shape index (κ3) is 5.33. The number of urea groups is 1. The number of rotatable bonds is 8. The van der Waals surface area contributed by atoms with Gasteiger partial charge in [-0.25, -0.2) is 9.18 Å². The van der Waals surface area contributed by atoms with Gasteiger partial charge in [-0.05, 0) is 59.2 Å². The number of halogens is 2. The molecule has 8 heteroatoms. The van der Waals surface area contributed by atoms with Crippen LogP contribution >= 0.6 is 11.6 Å². The lowest BCUT2D eigenvalue weighted by Crippen LogP contribution is -2.30. The molecule has 6 nitrogen and oxygen atoms in total. The standard InChI is InChI=1S/C30H24ClFN2O4/c1-2-37-27-16-20(15-26-29(35)34(30(36)33-26)17-23-9-5-6-10-25(23)32)14-24(31)28(27)38-18-19-11-12-21-7-3-4-8-22(21)13-19/h3-16H,2,17-18H2,1H3,(H,33,36)/b26-15+. The zero-order valence-electron chi connectivity index (χ0n) is 20.5. The van der Waals surface area contributed by atoms with Gasteiger partial charge in [-0.1, -0.05) is 66.2 Å². The van der Waals surface area contributed by atoms with Gasteiger partial charge in [-0.3, -0.25) is 9.69 Å². The van der Waals surface area contributed by atoms with Crippen LogP contribution in [-0.2, 0) is 17.9 Å². The smallest absolute Gasteiger partial charge is 0.329 e. The number of imide groups is 1. The molecule has 0 bridgehead atoms. The van der Waals surface area contributed by atoms with Crippen molar-refractivity contribution in [2.24, 2.45) is 0 Å². The first kappa shape index (κ1) is 25.3. The number of hydrogen-bond acceptors (Lipinski definition) is 4. The molecule has 0 atom stereocenters. The van der Waals surface area contributed by atoms with Crippen LogP contribution in [0.4, 0.5) is 9.18 Å². The minimum Gasteiger partial charge on any atom is -0.490 e. The van der Waals surface area contributed by atoms with Gasteiger partial charge in [0, 0.05) is 5.56 Å². The van der Waals surface area contributed by atoms with E-state index in [0.29, 0.717) is 28.7 Å². The van der Waals surface area contributed by atoms with Crippen LogP contribution in [0.15, 0.2) is 84.6 Å². The van der Waals surface area contributed by atoms with Gasteiger partial charge in [-0.15, -0.1) is 0 Å². The molecule has 1 heterocycles. The highest BCUT2D eigenvalue weighted by atomic mass is 35.5. The number of nitrogens with one attached hydrogen (secondary N) is 1. The summed E-state index contributed by atoms with van der Waals surface area (Å²) < 4.78 is 25.9. The summed E-state index contributed by atoms with van der Waals surface area (Å²) in [5.41, 5.74) is 1.80. The zero-order valence-corrected chi connectivity index (χ0v) is 21.3. The van der Waals surface area contributed by atoms with Crippen molar-refractivity contribution in [1.29, 1.82) is 0 Å². The van der Waals surface area contributed by atoms with Crippen molar-refractivity contribution in [3.63, 3.8) is 0 Å². The molecule has 0 saturated carbocycles. The third-order valence-corrected chi connectivity index (χ3v) is 6.37. The molecule has 1 aliphatic heterocycles. The summed E-state index contributed by atoms with van der Waals surface area (Å²) in [6.45, 7) is 2.31. The second-order valence-electron chi connectivity index (χ2n) is 8.70. The molecule has 1 N–H and O–H groups in total. The number of fused-ring (bicyclic) bond motifs is 1. The van der Waals surface area contributed by atoms with E-state index in [4.69, 9.17) is 21.1 Å². The summed E-state index contributed by atoms with van der Waals surface area (Å²) in [4.78, 5) is 26.3. The van der Waals surface area contributed by atoms with Crippen molar-refractivity contribution >= 4 is 40.4 Å². The molecule has 192 valence electrons. The molecular weight excluding hydrogens is 507 g/mol. The Morgan fingerprint density at radius 1 is 0.947 bits per heavy atom. The zero-order chi connectivity index (χ0) is 26.6. The van der Waals surface area contributed by atoms with Crippen LogP contribution in [0.5, 0.6) is 11.5 Å². The normalized spacial score (nSPS) is 14.3. The summed E-state index contributed by atoms with van der Waals surface area (Å²) in [6.07, 6.45) is 1.50. The van der Waals surface area contributed by atoms with Crippen molar-refractivity contribution in [2.75, 3.05) is 6.61 Å². The van der Waals surface area contributed by atoms with Crippen LogP contribution in [0, 0.1) is 5.82 Å². The van der Waals surface area contributed by atoms with Gasteiger partial charge < -0.3 is 14.8 Å². The van der Waals surface area contributed by atoms with Crippen LogP contribution in [0.1, 0.15) is 23.6 Å². The van der Waals surface area contributed by atoms with Gasteiger partial charge in [0.1, 0.15) is 18.1 Å². The molecule has 1 aliphatic rings. The average molecular weight is 531 g/mol. The molecule has 4 aromatic rings. The van der Waals surface area contributed by atoms with Gasteiger partial charge in [-0.2, -0.15) is 0 Å². The molecule has 0 spiro atoms. The van der Waals surface area contributed by atoms with Crippen LogP contribution in [0.25, 0.3) is 16.8 Å². The lowest BCUT2D eigenvalue weighted by Gasteiger charge is -2.15. The van der Waals surface area contributed by atoms with Crippen LogP contribution in [-0.4, -0.2) is 23.4 Å². The van der Waals surface area contributed by atoms with E-state index >= 15 is 0 Å². The fourth-order valence-corrected chi connectivity index (χ4v) is 4.51. The first-order valence-corrected chi connectivity index (χ1v) is 12.5. The minimum absolute atomic E-state index is 0.0506. The van der Waals surface area contributed by atoms with Crippen LogP contribution in [0.2, 0.25) is 5.02 Å². The Morgan fingerprint density at radius 2 is 1.71 bits per heavy atom. The number of benzene rings is 4. The van der Waals surface area contributed by atoms with E-state index < -0.39 is 17.8 Å². The van der Waals surface area contributed by atoms with E-state index in [-0.39, 0.29) is 24.4 Å². The number of carbonyl (C=O) groups is 2. The molecule has 38 heavy (non-hydrogen) atoms. The Hall–Kier alpha value is -4.36. The second-order valence-corrected chi connectivity index (χ2v) is 9.11. The monoisotopic (exact) mass is 530 g/mol. The predicted octanol–water partition coefficient (Wildman–Crippen LogP) is 6.70. The Kier molecular flexibility index (Phi) is 7.29. The van der Waals surface area contributed by atoms with Gasteiger partial charge in [0.15, 0.2) is 11.5 Å². The summed E-state index contributed by atoms with van der Waals surface area (Å²) in [5.74, 6) is -0.263. The van der Waals surface area contributed by atoms with E-state index in [1.165, 1.54) is 18.2 Å². The van der Waals surface area contributed by atoms with Crippen molar-refractivity contribution in [3.8, 4) is 11.5 Å². The van der Waals surface area contributed by atoms with Crippen LogP contribution < -0.4 is 14.8 Å². The molecule has 0 radical (unpaired) electrons. The summed E-state index contributed by atoms with van der Waals surface area (Å²) in [6, 6.07) is 22.9. The molecular formula is C30H24ClFN2O4. The van der Waals surface area contributed by atoms with E-state index in [0.717, 1.165) is 21.2 Å². The van der Waals surface area contributed by atoms with Gasteiger partial charge >= 0.3 is 6.03 Å². The summed E-state index contributed by atoms with van der Waals surface area (Å²) in [5, 5.41) is 5.10. The van der Waals surface area contributed by atoms with E-state index in [1.807, 2.05) is 43.3 Å². The van der Waals surface area contributed by atoms with Crippen LogP contribution in [0.3, 0.4) is 0 Å². The Bertz CT molecular complexity index is 1570. The number of nitrogens with zero attached hydrogens (tertiary/aromatic N) is 1. The van der Waals surface area contributed by atoms with Gasteiger partial charge in [0.05, 0.1) is 18.2 Å². The Balaban J connectivity index is 1.36. The highest BCUT2D eigenvalue weighted by Crippen LogP contribution is 2.38. The number of carbonyl (C=O) groups excluding carboxylic acids is 2. The fraction of sp³-hybridized carbons (Fsp3) is 0.133. The first-order valence-electron chi connectivity index (χ1n) is 12.1. The SMILES string of the molecule is CCOc1cc(/C=C2/NC(=O)N(Cc3ccccc3F)C2=O)cc(Cl)c1OCc1ccc2ccccc2c1. The minimum atomic E-state index is -0.629. The molecule has 1 fully saturated rings. The predicted molar refractivity (Wildman–Crippen MR) is 144 cm³/mol. The molecule has 0 aliphatic carbocycles. The molecule has 5 rings (SSSR count). The number of ether oxygens (including phenoxy) is 2. The maximum Gasteiger partial charge on any atom is 0.329 e. The fourth-order valence-electron chi connectivity index (χ4n) is 4.24. The topological polar surface area (TPSA) is 67.9 Å². The molecule has 4 aromatic carbocycles. The van der Waals surface area contributed by atoms with Gasteiger partial charge in [0.25, 0.3) is 5.91 Å². The molecule has 3 amide bonds. The summed E-state index contributed by atoms with van der Waals surface area (Å²) >= 11 is 6.58. The Morgan fingerprint density at radius 3 is 2.50 bits per heavy atom. The molecule has 1 saturated heterocycles. The van der Waals surface area contributed by atoms with Crippen molar-refractivity contribution < 1.29 is 23.5 Å². The van der Waals surface area contributed by atoms with Crippen molar-refractivity contribution in [1.82, 2.24) is 10.2 Å². The lowest BCUT2D eigenvalue weighted by atomic mass is 10.1. The van der Waals surface area contributed by atoms with E-state index in [2.05, 4.69) is 11.4 Å². The molecule has 0 unspecified atom stereocenters. The highest BCUT2D eigenvalue weighted by Gasteiger charge is 2.34. The molecule has 0 aromatic heterocycles. The number of amides is 3. The number of hydrogen-bond donors (Lipinski definition) is 1. The maximum absolute atomic E-state index is 14.1. The van der Waals surface area contributed by atoms with E-state index in [9.17, 15) is 14.0 Å². The first-order chi connectivity index (χ1) is 18.4. The highest BCUT2D eigenvalue weighted by molar-refractivity contribution is 6.32. The maximum atomic E-state index is 14.1. The average Bonchev–Trinajstić information content (AvgIpc) is 3.16. The third-order valence-electron chi connectivity index (χ3n) is 6.09.